The lowest BCUT2D eigenvalue weighted by Gasteiger charge is -2.33. The molecule has 0 saturated carbocycles. The van der Waals surface area contributed by atoms with Crippen molar-refractivity contribution < 1.29 is 8.78 Å². The number of hydrazine groups is 1. The second-order valence-corrected chi connectivity index (χ2v) is 5.00. The van der Waals surface area contributed by atoms with Crippen LogP contribution in [-0.4, -0.2) is 6.04 Å². The summed E-state index contributed by atoms with van der Waals surface area (Å²) in [6, 6.07) is 3.60. The summed E-state index contributed by atoms with van der Waals surface area (Å²) in [5.41, 5.74) is 3.16. The minimum absolute atomic E-state index is 0.0461. The van der Waals surface area contributed by atoms with E-state index >= 15 is 0 Å². The number of rotatable bonds is 5. The molecule has 1 aromatic rings. The molecule has 0 heterocycles. The Hall–Kier alpha value is -1.00. The number of benzene rings is 1. The summed E-state index contributed by atoms with van der Waals surface area (Å²) in [5, 5.41) is 0. The zero-order valence-electron chi connectivity index (χ0n) is 10.6. The van der Waals surface area contributed by atoms with E-state index in [1.54, 1.807) is 0 Å². The summed E-state index contributed by atoms with van der Waals surface area (Å²) < 4.78 is 26.3. The molecule has 4 heteroatoms. The number of hydrogen-bond acceptors (Lipinski definition) is 2. The second-order valence-electron chi connectivity index (χ2n) is 5.00. The minimum atomic E-state index is -0.557. The van der Waals surface area contributed by atoms with Crippen LogP contribution < -0.4 is 11.3 Å². The van der Waals surface area contributed by atoms with Gasteiger partial charge in [0.1, 0.15) is 11.6 Å². The van der Waals surface area contributed by atoms with Crippen LogP contribution in [0.15, 0.2) is 18.2 Å². The van der Waals surface area contributed by atoms with E-state index in [0.29, 0.717) is 12.0 Å². The van der Waals surface area contributed by atoms with Gasteiger partial charge in [-0.25, -0.2) is 8.78 Å². The molecular weight excluding hydrogens is 222 g/mol. The van der Waals surface area contributed by atoms with Crippen LogP contribution in [0.4, 0.5) is 8.78 Å². The van der Waals surface area contributed by atoms with Crippen LogP contribution >= 0.6 is 0 Å². The molecule has 3 N–H and O–H groups in total. The number of halogens is 2. The minimum Gasteiger partial charge on any atom is -0.271 e. The molecule has 0 aliphatic carbocycles. The molecule has 1 atom stereocenters. The van der Waals surface area contributed by atoms with Crippen molar-refractivity contribution in [3.05, 3.63) is 35.4 Å². The van der Waals surface area contributed by atoms with Crippen molar-refractivity contribution >= 4 is 0 Å². The Morgan fingerprint density at radius 1 is 1.35 bits per heavy atom. The number of hydrogen-bond donors (Lipinski definition) is 2. The lowest BCUT2D eigenvalue weighted by atomic mass is 9.79. The van der Waals surface area contributed by atoms with Crippen LogP contribution in [0.2, 0.25) is 0 Å². The van der Waals surface area contributed by atoms with Crippen molar-refractivity contribution in [2.24, 2.45) is 11.3 Å². The standard InChI is InChI=1S/C13H20F2N2/c1-4-13(2,3)12(17-16)7-9-5-6-10(14)8-11(9)15/h5-6,8,12,17H,4,7,16H2,1-3H3. The van der Waals surface area contributed by atoms with Gasteiger partial charge in [0.05, 0.1) is 0 Å². The molecule has 1 aromatic carbocycles. The van der Waals surface area contributed by atoms with Crippen LogP contribution in [-0.2, 0) is 6.42 Å². The van der Waals surface area contributed by atoms with Crippen molar-refractivity contribution in [1.29, 1.82) is 0 Å². The SMILES string of the molecule is CCC(C)(C)C(Cc1ccc(F)cc1F)NN. The second kappa shape index (κ2) is 5.56. The molecule has 1 rings (SSSR count). The molecule has 0 amide bonds. The van der Waals surface area contributed by atoms with Gasteiger partial charge in [-0.3, -0.25) is 11.3 Å². The van der Waals surface area contributed by atoms with Crippen LogP contribution in [0, 0.1) is 17.0 Å². The molecule has 0 radical (unpaired) electrons. The highest BCUT2D eigenvalue weighted by Crippen LogP contribution is 2.27. The lowest BCUT2D eigenvalue weighted by molar-refractivity contribution is 0.230. The zero-order chi connectivity index (χ0) is 13.1. The van der Waals surface area contributed by atoms with E-state index < -0.39 is 11.6 Å². The van der Waals surface area contributed by atoms with Gasteiger partial charge in [0, 0.05) is 12.1 Å². The maximum absolute atomic E-state index is 13.5. The highest BCUT2D eigenvalue weighted by Gasteiger charge is 2.27. The molecular formula is C13H20F2N2. The summed E-state index contributed by atoms with van der Waals surface area (Å²) in [6.07, 6.45) is 1.37. The van der Waals surface area contributed by atoms with Gasteiger partial charge in [0.25, 0.3) is 0 Å². The fraction of sp³-hybridized carbons (Fsp3) is 0.538. The first-order valence-corrected chi connectivity index (χ1v) is 5.80. The average molecular weight is 242 g/mol. The fourth-order valence-electron chi connectivity index (χ4n) is 1.71. The third kappa shape index (κ3) is 3.48. The van der Waals surface area contributed by atoms with E-state index in [1.165, 1.54) is 12.1 Å². The predicted molar refractivity (Wildman–Crippen MR) is 65.2 cm³/mol. The third-order valence-corrected chi connectivity index (χ3v) is 3.49. The molecule has 0 bridgehead atoms. The van der Waals surface area contributed by atoms with E-state index in [9.17, 15) is 8.78 Å². The molecule has 0 aliphatic heterocycles. The first-order chi connectivity index (χ1) is 7.90. The molecule has 0 saturated heterocycles. The summed E-state index contributed by atoms with van der Waals surface area (Å²) in [7, 11) is 0. The fourth-order valence-corrected chi connectivity index (χ4v) is 1.71. The Labute approximate surface area is 101 Å². The van der Waals surface area contributed by atoms with E-state index in [2.05, 4.69) is 26.2 Å². The van der Waals surface area contributed by atoms with E-state index in [0.717, 1.165) is 12.5 Å². The van der Waals surface area contributed by atoms with Gasteiger partial charge < -0.3 is 0 Å². The van der Waals surface area contributed by atoms with Gasteiger partial charge in [-0.15, -0.1) is 0 Å². The molecule has 1 unspecified atom stereocenters. The van der Waals surface area contributed by atoms with E-state index in [-0.39, 0.29) is 11.5 Å². The number of nitrogens with two attached hydrogens (primary N) is 1. The Bertz CT molecular complexity index is 378. The molecule has 2 nitrogen and oxygen atoms in total. The lowest BCUT2D eigenvalue weighted by Crippen LogP contribution is -2.47. The average Bonchev–Trinajstić information content (AvgIpc) is 2.27. The summed E-state index contributed by atoms with van der Waals surface area (Å²) >= 11 is 0. The highest BCUT2D eigenvalue weighted by molar-refractivity contribution is 5.20. The summed E-state index contributed by atoms with van der Waals surface area (Å²) in [6.45, 7) is 6.20. The summed E-state index contributed by atoms with van der Waals surface area (Å²) in [5.74, 6) is 4.44. The van der Waals surface area contributed by atoms with Crippen molar-refractivity contribution in [3.63, 3.8) is 0 Å². The molecule has 0 aliphatic rings. The van der Waals surface area contributed by atoms with Gasteiger partial charge in [-0.1, -0.05) is 26.8 Å². The Morgan fingerprint density at radius 2 is 2.00 bits per heavy atom. The van der Waals surface area contributed by atoms with Crippen molar-refractivity contribution in [1.82, 2.24) is 5.43 Å². The molecule has 96 valence electrons. The van der Waals surface area contributed by atoms with Crippen LogP contribution in [0.3, 0.4) is 0 Å². The van der Waals surface area contributed by atoms with Crippen LogP contribution in [0.25, 0.3) is 0 Å². The van der Waals surface area contributed by atoms with Gasteiger partial charge >= 0.3 is 0 Å². The number of nitrogens with one attached hydrogen (secondary N) is 1. The topological polar surface area (TPSA) is 38.0 Å². The van der Waals surface area contributed by atoms with Crippen LogP contribution in [0.1, 0.15) is 32.8 Å². The van der Waals surface area contributed by atoms with Gasteiger partial charge in [0.2, 0.25) is 0 Å². The smallest absolute Gasteiger partial charge is 0.129 e. The Kier molecular flexibility index (Phi) is 4.60. The molecule has 0 fully saturated rings. The molecule has 17 heavy (non-hydrogen) atoms. The first kappa shape index (κ1) is 14.1. The normalized spacial score (nSPS) is 13.8. The third-order valence-electron chi connectivity index (χ3n) is 3.49. The van der Waals surface area contributed by atoms with Crippen molar-refractivity contribution in [2.75, 3.05) is 0 Å². The van der Waals surface area contributed by atoms with Crippen LogP contribution in [0.5, 0.6) is 0 Å². The van der Waals surface area contributed by atoms with Crippen molar-refractivity contribution in [3.8, 4) is 0 Å². The van der Waals surface area contributed by atoms with Gasteiger partial charge in [-0.05, 0) is 29.9 Å². The van der Waals surface area contributed by atoms with Gasteiger partial charge in [-0.2, -0.15) is 0 Å². The van der Waals surface area contributed by atoms with Crippen molar-refractivity contribution in [2.45, 2.75) is 39.7 Å². The largest absolute Gasteiger partial charge is 0.271 e. The molecule has 0 aromatic heterocycles. The zero-order valence-corrected chi connectivity index (χ0v) is 10.6. The Morgan fingerprint density at radius 3 is 2.47 bits per heavy atom. The van der Waals surface area contributed by atoms with E-state index in [1.807, 2.05) is 0 Å². The predicted octanol–water partition coefficient (Wildman–Crippen LogP) is 2.78. The quantitative estimate of drug-likeness (QED) is 0.615. The van der Waals surface area contributed by atoms with Gasteiger partial charge in [0.15, 0.2) is 0 Å². The van der Waals surface area contributed by atoms with E-state index in [4.69, 9.17) is 5.84 Å². The molecule has 0 spiro atoms. The first-order valence-electron chi connectivity index (χ1n) is 5.80. The maximum Gasteiger partial charge on any atom is 0.129 e. The monoisotopic (exact) mass is 242 g/mol. The highest BCUT2D eigenvalue weighted by atomic mass is 19.1. The Balaban J connectivity index is 2.88. The maximum atomic E-state index is 13.5. The summed E-state index contributed by atoms with van der Waals surface area (Å²) in [4.78, 5) is 0.